The van der Waals surface area contributed by atoms with E-state index >= 15 is 0 Å². The average molecular weight is 436 g/mol. The van der Waals surface area contributed by atoms with Gasteiger partial charge in [0.15, 0.2) is 0 Å². The summed E-state index contributed by atoms with van der Waals surface area (Å²) in [7, 11) is 0. The Labute approximate surface area is 190 Å². The number of ether oxygens (including phenoxy) is 1. The van der Waals surface area contributed by atoms with Crippen LogP contribution in [0.25, 0.3) is 0 Å². The van der Waals surface area contributed by atoms with Crippen LogP contribution in [0, 0.1) is 5.92 Å². The summed E-state index contributed by atoms with van der Waals surface area (Å²) >= 11 is 0. The van der Waals surface area contributed by atoms with Crippen molar-refractivity contribution in [2.75, 3.05) is 0 Å². The molecule has 0 saturated heterocycles. The zero-order valence-corrected chi connectivity index (χ0v) is 19.0. The van der Waals surface area contributed by atoms with Gasteiger partial charge in [0.2, 0.25) is 17.7 Å². The van der Waals surface area contributed by atoms with E-state index in [1.54, 1.807) is 11.1 Å². The average Bonchev–Trinajstić information content (AvgIpc) is 3.30. The molecular weight excluding hydrogens is 402 g/mol. The predicted molar refractivity (Wildman–Crippen MR) is 123 cm³/mol. The number of carbonyl (C=O) groups is 2. The maximum atomic E-state index is 13.3. The van der Waals surface area contributed by atoms with Gasteiger partial charge in [0, 0.05) is 37.7 Å². The number of pyridine rings is 1. The van der Waals surface area contributed by atoms with Crippen molar-refractivity contribution in [1.82, 2.24) is 15.2 Å². The van der Waals surface area contributed by atoms with E-state index < -0.39 is 6.04 Å². The van der Waals surface area contributed by atoms with Gasteiger partial charge in [0.25, 0.3) is 0 Å². The topological polar surface area (TPSA) is 71.5 Å². The Kier molecular flexibility index (Phi) is 7.08. The lowest BCUT2D eigenvalue weighted by atomic mass is 9.92. The number of benzene rings is 1. The third-order valence-corrected chi connectivity index (χ3v) is 6.34. The summed E-state index contributed by atoms with van der Waals surface area (Å²) in [5.41, 5.74) is 3.12. The van der Waals surface area contributed by atoms with Crippen molar-refractivity contribution in [3.63, 3.8) is 0 Å². The van der Waals surface area contributed by atoms with Crippen molar-refractivity contribution in [2.24, 2.45) is 5.92 Å². The molecule has 1 atom stereocenters. The number of carbonyl (C=O) groups excluding carboxylic acids is 2. The summed E-state index contributed by atoms with van der Waals surface area (Å²) in [6.07, 6.45) is 7.38. The molecule has 1 aliphatic carbocycles. The lowest BCUT2D eigenvalue weighted by Crippen LogP contribution is -2.52. The molecular formula is C26H33N3O3. The fraction of sp³-hybridized carbons (Fsp3) is 0.500. The highest BCUT2D eigenvalue weighted by Crippen LogP contribution is 2.27. The van der Waals surface area contributed by atoms with Crippen molar-refractivity contribution >= 4 is 11.8 Å². The summed E-state index contributed by atoms with van der Waals surface area (Å²) in [6, 6.07) is 11.4. The molecule has 1 aromatic carbocycles. The number of hydrogen-bond donors (Lipinski definition) is 1. The fourth-order valence-electron chi connectivity index (χ4n) is 4.61. The molecule has 0 bridgehead atoms. The van der Waals surface area contributed by atoms with Crippen LogP contribution in [0.2, 0.25) is 0 Å². The molecule has 2 heterocycles. The van der Waals surface area contributed by atoms with E-state index in [1.807, 2.05) is 44.2 Å². The van der Waals surface area contributed by atoms with Crippen molar-refractivity contribution in [3.8, 4) is 5.88 Å². The minimum Gasteiger partial charge on any atom is -0.474 e. The van der Waals surface area contributed by atoms with Crippen LogP contribution in [-0.4, -0.2) is 33.8 Å². The van der Waals surface area contributed by atoms with Gasteiger partial charge >= 0.3 is 0 Å². The zero-order valence-electron chi connectivity index (χ0n) is 19.0. The lowest BCUT2D eigenvalue weighted by molar-refractivity contribution is -0.142. The molecule has 2 amide bonds. The summed E-state index contributed by atoms with van der Waals surface area (Å²) in [5, 5.41) is 3.05. The minimum atomic E-state index is -0.507. The molecule has 1 aliphatic heterocycles. The van der Waals surface area contributed by atoms with Gasteiger partial charge in [-0.05, 0) is 48.8 Å². The maximum Gasteiger partial charge on any atom is 0.243 e. The summed E-state index contributed by atoms with van der Waals surface area (Å²) < 4.78 is 6.11. The van der Waals surface area contributed by atoms with Crippen LogP contribution >= 0.6 is 0 Å². The molecule has 4 rings (SSSR count). The Morgan fingerprint density at radius 2 is 1.88 bits per heavy atom. The number of nitrogens with one attached hydrogen (secondary N) is 1. The summed E-state index contributed by atoms with van der Waals surface area (Å²) in [4.78, 5) is 32.4. The highest BCUT2D eigenvalue weighted by molar-refractivity contribution is 5.88. The Balaban J connectivity index is 1.47. The summed E-state index contributed by atoms with van der Waals surface area (Å²) in [5.74, 6) is 0.740. The molecule has 2 aliphatic rings. The monoisotopic (exact) mass is 435 g/mol. The number of amides is 2. The van der Waals surface area contributed by atoms with Gasteiger partial charge < -0.3 is 15.0 Å². The molecule has 0 radical (unpaired) electrons. The first-order valence-corrected chi connectivity index (χ1v) is 11.8. The normalized spacial score (nSPS) is 18.5. The second-order valence-corrected chi connectivity index (χ2v) is 9.32. The molecule has 32 heavy (non-hydrogen) atoms. The van der Waals surface area contributed by atoms with Gasteiger partial charge in [-0.3, -0.25) is 9.59 Å². The number of fused-ring (bicyclic) bond motifs is 1. The van der Waals surface area contributed by atoms with E-state index in [0.29, 0.717) is 31.8 Å². The molecule has 6 heteroatoms. The quantitative estimate of drug-likeness (QED) is 0.713. The van der Waals surface area contributed by atoms with Gasteiger partial charge in [-0.1, -0.05) is 44.2 Å². The highest BCUT2D eigenvalue weighted by atomic mass is 16.5. The molecule has 6 nitrogen and oxygen atoms in total. The third-order valence-electron chi connectivity index (χ3n) is 6.34. The largest absolute Gasteiger partial charge is 0.474 e. The van der Waals surface area contributed by atoms with E-state index in [9.17, 15) is 9.59 Å². The first-order chi connectivity index (χ1) is 15.5. The highest BCUT2D eigenvalue weighted by Gasteiger charge is 2.34. The Morgan fingerprint density at radius 3 is 2.62 bits per heavy atom. The minimum absolute atomic E-state index is 0.0290. The smallest absolute Gasteiger partial charge is 0.243 e. The van der Waals surface area contributed by atoms with E-state index in [2.05, 4.69) is 16.4 Å². The number of nitrogens with zero attached hydrogens (tertiary/aromatic N) is 2. The van der Waals surface area contributed by atoms with Crippen LogP contribution in [0.15, 0.2) is 42.6 Å². The first-order valence-electron chi connectivity index (χ1n) is 11.8. The van der Waals surface area contributed by atoms with Crippen molar-refractivity contribution in [3.05, 3.63) is 59.3 Å². The maximum absolute atomic E-state index is 13.3. The molecule has 1 N–H and O–H groups in total. The number of aromatic nitrogens is 1. The zero-order chi connectivity index (χ0) is 22.5. The van der Waals surface area contributed by atoms with Crippen LogP contribution in [0.3, 0.4) is 0 Å². The van der Waals surface area contributed by atoms with Crippen molar-refractivity contribution in [1.29, 1.82) is 0 Å². The van der Waals surface area contributed by atoms with Crippen LogP contribution in [0.5, 0.6) is 5.88 Å². The molecule has 1 aromatic heterocycles. The van der Waals surface area contributed by atoms with Gasteiger partial charge in [0.05, 0.1) is 0 Å². The molecule has 1 saturated carbocycles. The van der Waals surface area contributed by atoms with E-state index in [1.165, 1.54) is 12.8 Å². The summed E-state index contributed by atoms with van der Waals surface area (Å²) in [6.45, 7) is 4.86. The van der Waals surface area contributed by atoms with Crippen molar-refractivity contribution in [2.45, 2.75) is 77.6 Å². The van der Waals surface area contributed by atoms with Crippen molar-refractivity contribution < 1.29 is 14.3 Å². The van der Waals surface area contributed by atoms with Crippen LogP contribution in [-0.2, 0) is 29.1 Å². The molecule has 2 aromatic rings. The second kappa shape index (κ2) is 10.2. The van der Waals surface area contributed by atoms with E-state index in [-0.39, 0.29) is 23.8 Å². The fourth-order valence-corrected chi connectivity index (χ4v) is 4.61. The van der Waals surface area contributed by atoms with E-state index in [0.717, 1.165) is 29.5 Å². The number of hydrogen-bond acceptors (Lipinski definition) is 4. The van der Waals surface area contributed by atoms with Crippen LogP contribution < -0.4 is 10.1 Å². The van der Waals surface area contributed by atoms with E-state index in [4.69, 9.17) is 4.74 Å². The predicted octanol–water partition coefficient (Wildman–Crippen LogP) is 4.02. The standard InChI is InChI=1S/C26H33N3O3/c1-18(2)14-24(30)29-17-21-9-4-3-8-19(21)15-23(29)25(31)28-16-20-10-7-13-27-26(20)32-22-11-5-6-12-22/h3-4,7-10,13,18,22-23H,5-6,11-12,14-17H2,1-2H3,(H,28,31). The SMILES string of the molecule is CC(C)CC(=O)N1Cc2ccccc2CC1C(=O)NCc1cccnc1OC1CCCC1. The Bertz CT molecular complexity index is 953. The second-order valence-electron chi connectivity index (χ2n) is 9.32. The Hall–Kier alpha value is -2.89. The molecule has 170 valence electrons. The lowest BCUT2D eigenvalue weighted by Gasteiger charge is -2.36. The Morgan fingerprint density at radius 1 is 1.12 bits per heavy atom. The first kappa shape index (κ1) is 22.3. The molecule has 1 fully saturated rings. The van der Waals surface area contributed by atoms with Gasteiger partial charge in [-0.25, -0.2) is 4.98 Å². The van der Waals surface area contributed by atoms with Crippen LogP contribution in [0.1, 0.15) is 62.6 Å². The van der Waals surface area contributed by atoms with Crippen LogP contribution in [0.4, 0.5) is 0 Å². The molecule has 1 unspecified atom stereocenters. The van der Waals surface area contributed by atoms with Gasteiger partial charge in [0.1, 0.15) is 12.1 Å². The van der Waals surface area contributed by atoms with Gasteiger partial charge in [-0.2, -0.15) is 0 Å². The third kappa shape index (κ3) is 5.29. The van der Waals surface area contributed by atoms with Gasteiger partial charge in [-0.15, -0.1) is 0 Å². The molecule has 0 spiro atoms. The number of rotatable bonds is 7.